The summed E-state index contributed by atoms with van der Waals surface area (Å²) in [4.78, 5) is 24.7. The van der Waals surface area contributed by atoms with E-state index in [2.05, 4.69) is 5.32 Å². The summed E-state index contributed by atoms with van der Waals surface area (Å²) < 4.78 is 0. The fourth-order valence-corrected chi connectivity index (χ4v) is 3.05. The molecule has 2 atom stereocenters. The maximum absolute atomic E-state index is 12.0. The molecule has 0 aromatic carbocycles. The molecule has 1 heterocycles. The molecule has 1 aliphatic heterocycles. The van der Waals surface area contributed by atoms with E-state index in [1.54, 1.807) is 4.90 Å². The Hall–Kier alpha value is -1.30. The van der Waals surface area contributed by atoms with Crippen molar-refractivity contribution in [1.82, 2.24) is 10.2 Å². The Morgan fingerprint density at radius 1 is 1.35 bits per heavy atom. The molecule has 2 amide bonds. The molecule has 0 aromatic heterocycles. The van der Waals surface area contributed by atoms with Gasteiger partial charge in [0, 0.05) is 19.6 Å². The lowest BCUT2D eigenvalue weighted by molar-refractivity contribution is -0.143. The summed E-state index contributed by atoms with van der Waals surface area (Å²) >= 11 is 0. The molecule has 0 bridgehead atoms. The lowest BCUT2D eigenvalue weighted by atomic mass is 9.78. The average molecular weight is 284 g/mol. The lowest BCUT2D eigenvalue weighted by Crippen LogP contribution is -2.50. The molecule has 1 saturated heterocycles. The lowest BCUT2D eigenvalue weighted by Gasteiger charge is -2.37. The number of carbonyl (C=O) groups is 2. The second kappa shape index (κ2) is 5.99. The number of urea groups is 1. The topological polar surface area (TPSA) is 89.9 Å². The molecule has 0 aromatic rings. The van der Waals surface area contributed by atoms with Crippen molar-refractivity contribution < 1.29 is 19.8 Å². The van der Waals surface area contributed by atoms with E-state index in [9.17, 15) is 14.7 Å². The predicted molar refractivity (Wildman–Crippen MR) is 73.3 cm³/mol. The number of carbonyl (C=O) groups excluding carboxylic acids is 1. The van der Waals surface area contributed by atoms with E-state index in [0.717, 1.165) is 19.3 Å². The van der Waals surface area contributed by atoms with Crippen LogP contribution < -0.4 is 5.32 Å². The highest BCUT2D eigenvalue weighted by atomic mass is 16.4. The highest BCUT2D eigenvalue weighted by Gasteiger charge is 2.35. The number of carboxylic acid groups (broad SMARTS) is 1. The number of piperidine rings is 1. The van der Waals surface area contributed by atoms with Gasteiger partial charge in [-0.2, -0.15) is 0 Å². The molecule has 0 spiro atoms. The van der Waals surface area contributed by atoms with Crippen molar-refractivity contribution in [3.63, 3.8) is 0 Å². The Kier molecular flexibility index (Phi) is 4.52. The first-order valence-electron chi connectivity index (χ1n) is 7.37. The third kappa shape index (κ3) is 3.62. The van der Waals surface area contributed by atoms with Crippen LogP contribution in [0.3, 0.4) is 0 Å². The van der Waals surface area contributed by atoms with E-state index in [4.69, 9.17) is 5.11 Å². The molecule has 114 valence electrons. The molecule has 20 heavy (non-hydrogen) atoms. The van der Waals surface area contributed by atoms with Gasteiger partial charge in [-0.15, -0.1) is 0 Å². The number of nitrogens with one attached hydrogen (secondary N) is 1. The van der Waals surface area contributed by atoms with Crippen molar-refractivity contribution in [2.24, 2.45) is 11.8 Å². The highest BCUT2D eigenvalue weighted by molar-refractivity contribution is 5.76. The first-order chi connectivity index (χ1) is 9.39. The highest BCUT2D eigenvalue weighted by Crippen LogP contribution is 2.34. The summed E-state index contributed by atoms with van der Waals surface area (Å²) in [5, 5.41) is 21.8. The molecule has 2 aliphatic rings. The van der Waals surface area contributed by atoms with Gasteiger partial charge in [0.25, 0.3) is 0 Å². The SMILES string of the molecule is CC1CC(C(=O)O)CN(C(=O)NCCC2(O)CCC2)C1. The van der Waals surface area contributed by atoms with Crippen molar-refractivity contribution in [2.45, 2.75) is 44.6 Å². The zero-order chi connectivity index (χ0) is 14.8. The van der Waals surface area contributed by atoms with Crippen LogP contribution in [0, 0.1) is 11.8 Å². The number of hydrogen-bond donors (Lipinski definition) is 3. The minimum atomic E-state index is -0.835. The van der Waals surface area contributed by atoms with Crippen LogP contribution in [0.5, 0.6) is 0 Å². The van der Waals surface area contributed by atoms with Crippen molar-refractivity contribution in [1.29, 1.82) is 0 Å². The van der Waals surface area contributed by atoms with Crippen LogP contribution in [0.25, 0.3) is 0 Å². The number of amides is 2. The summed E-state index contributed by atoms with van der Waals surface area (Å²) in [5.74, 6) is -1.11. The third-order valence-corrected chi connectivity index (χ3v) is 4.45. The maximum atomic E-state index is 12.0. The first-order valence-corrected chi connectivity index (χ1v) is 7.37. The molecule has 3 N–H and O–H groups in total. The van der Waals surface area contributed by atoms with E-state index < -0.39 is 17.5 Å². The van der Waals surface area contributed by atoms with Crippen LogP contribution in [0.4, 0.5) is 4.79 Å². The van der Waals surface area contributed by atoms with E-state index in [1.165, 1.54) is 0 Å². The third-order valence-electron chi connectivity index (χ3n) is 4.45. The molecule has 1 saturated carbocycles. The van der Waals surface area contributed by atoms with Gasteiger partial charge in [-0.3, -0.25) is 4.79 Å². The van der Waals surface area contributed by atoms with Crippen LogP contribution in [0.1, 0.15) is 39.0 Å². The van der Waals surface area contributed by atoms with E-state index in [-0.39, 0.29) is 18.5 Å². The zero-order valence-electron chi connectivity index (χ0n) is 12.0. The zero-order valence-corrected chi connectivity index (χ0v) is 12.0. The van der Waals surface area contributed by atoms with Gasteiger partial charge in [0.2, 0.25) is 0 Å². The summed E-state index contributed by atoms with van der Waals surface area (Å²) in [6.07, 6.45) is 3.87. The first kappa shape index (κ1) is 15.1. The Labute approximate surface area is 119 Å². The fraction of sp³-hybridized carbons (Fsp3) is 0.857. The van der Waals surface area contributed by atoms with Gasteiger partial charge in [-0.25, -0.2) is 4.79 Å². The number of hydrogen-bond acceptors (Lipinski definition) is 3. The summed E-state index contributed by atoms with van der Waals surface area (Å²) in [7, 11) is 0. The predicted octanol–water partition coefficient (Wildman–Crippen LogP) is 1.04. The minimum Gasteiger partial charge on any atom is -0.481 e. The summed E-state index contributed by atoms with van der Waals surface area (Å²) in [5.41, 5.74) is -0.591. The second-order valence-corrected chi connectivity index (χ2v) is 6.34. The molecule has 2 fully saturated rings. The standard InChI is InChI=1S/C14H24N2O4/c1-10-7-11(12(17)18)9-16(8-10)13(19)15-6-5-14(20)3-2-4-14/h10-11,20H,2-9H2,1H3,(H,15,19)(H,17,18). The second-order valence-electron chi connectivity index (χ2n) is 6.34. The smallest absolute Gasteiger partial charge is 0.317 e. The monoisotopic (exact) mass is 284 g/mol. The van der Waals surface area contributed by atoms with Crippen LogP contribution in [-0.4, -0.2) is 52.3 Å². The Balaban J connectivity index is 1.77. The van der Waals surface area contributed by atoms with Gasteiger partial charge in [-0.1, -0.05) is 6.92 Å². The van der Waals surface area contributed by atoms with Gasteiger partial charge in [0.1, 0.15) is 0 Å². The Morgan fingerprint density at radius 2 is 2.05 bits per heavy atom. The van der Waals surface area contributed by atoms with Gasteiger partial charge in [-0.05, 0) is 38.0 Å². The minimum absolute atomic E-state index is 0.200. The van der Waals surface area contributed by atoms with Gasteiger partial charge < -0.3 is 20.4 Å². The van der Waals surface area contributed by atoms with Gasteiger partial charge in [0.05, 0.1) is 11.5 Å². The molecule has 0 radical (unpaired) electrons. The van der Waals surface area contributed by atoms with Crippen molar-refractivity contribution in [3.8, 4) is 0 Å². The number of nitrogens with zero attached hydrogens (tertiary/aromatic N) is 1. The molecular formula is C14H24N2O4. The van der Waals surface area contributed by atoms with E-state index in [1.807, 2.05) is 6.92 Å². The fourth-order valence-electron chi connectivity index (χ4n) is 3.05. The van der Waals surface area contributed by atoms with Crippen LogP contribution in [0.15, 0.2) is 0 Å². The molecule has 2 unspecified atom stereocenters. The van der Waals surface area contributed by atoms with Crippen LogP contribution >= 0.6 is 0 Å². The number of aliphatic carboxylic acids is 1. The largest absolute Gasteiger partial charge is 0.481 e. The molecule has 6 nitrogen and oxygen atoms in total. The van der Waals surface area contributed by atoms with E-state index >= 15 is 0 Å². The van der Waals surface area contributed by atoms with Crippen LogP contribution in [0.2, 0.25) is 0 Å². The van der Waals surface area contributed by atoms with E-state index in [0.29, 0.717) is 25.9 Å². The molecular weight excluding hydrogens is 260 g/mol. The number of aliphatic hydroxyl groups is 1. The number of carboxylic acids is 1. The number of rotatable bonds is 4. The average Bonchev–Trinajstić information content (AvgIpc) is 2.35. The van der Waals surface area contributed by atoms with Crippen molar-refractivity contribution in [2.75, 3.05) is 19.6 Å². The maximum Gasteiger partial charge on any atom is 0.317 e. The molecule has 2 rings (SSSR count). The Bertz CT molecular complexity index is 381. The summed E-state index contributed by atoms with van der Waals surface area (Å²) in [6, 6.07) is -0.217. The van der Waals surface area contributed by atoms with Crippen LogP contribution in [-0.2, 0) is 4.79 Å². The molecule has 6 heteroatoms. The van der Waals surface area contributed by atoms with Gasteiger partial charge >= 0.3 is 12.0 Å². The van der Waals surface area contributed by atoms with Gasteiger partial charge in [0.15, 0.2) is 0 Å². The molecule has 1 aliphatic carbocycles. The normalized spacial score (nSPS) is 28.6. The quantitative estimate of drug-likeness (QED) is 0.719. The number of likely N-dealkylation sites (tertiary alicyclic amines) is 1. The van der Waals surface area contributed by atoms with Crippen molar-refractivity contribution >= 4 is 12.0 Å². The van der Waals surface area contributed by atoms with Crippen molar-refractivity contribution in [3.05, 3.63) is 0 Å². The summed E-state index contributed by atoms with van der Waals surface area (Å²) in [6.45, 7) is 3.28. The Morgan fingerprint density at radius 3 is 2.60 bits per heavy atom.